The molecule has 0 aliphatic rings. The van der Waals surface area contributed by atoms with E-state index in [1.165, 1.54) is 36.5 Å². The predicted octanol–water partition coefficient (Wildman–Crippen LogP) is 2.89. The van der Waals surface area contributed by atoms with Gasteiger partial charge in [0.1, 0.15) is 0 Å². The van der Waals surface area contributed by atoms with Gasteiger partial charge < -0.3 is 4.74 Å². The Kier molecular flexibility index (Phi) is 4.66. The number of ether oxygens (including phenoxy) is 1. The molecular weight excluding hydrogens is 338 g/mol. The summed E-state index contributed by atoms with van der Waals surface area (Å²) in [6.45, 7) is 1.06. The van der Waals surface area contributed by atoms with E-state index in [-0.39, 0.29) is 16.8 Å². The van der Waals surface area contributed by atoms with Crippen molar-refractivity contribution in [3.63, 3.8) is 0 Å². The molecule has 2 aromatic carbocycles. The van der Waals surface area contributed by atoms with Crippen LogP contribution in [0.3, 0.4) is 0 Å². The molecule has 1 aromatic heterocycles. The molecule has 0 bridgehead atoms. The van der Waals surface area contributed by atoms with Crippen LogP contribution in [0.5, 0.6) is 0 Å². The van der Waals surface area contributed by atoms with Crippen molar-refractivity contribution >= 4 is 28.5 Å². The average Bonchev–Trinajstić information content (AvgIpc) is 2.65. The number of carbonyl (C=O) groups excluding carboxylic acids is 2. The molecule has 0 N–H and O–H groups in total. The molecule has 3 rings (SSSR count). The van der Waals surface area contributed by atoms with Crippen LogP contribution in [0.15, 0.2) is 48.8 Å². The van der Waals surface area contributed by atoms with Gasteiger partial charge in [-0.2, -0.15) is 0 Å². The van der Waals surface area contributed by atoms with Crippen LogP contribution in [0.2, 0.25) is 0 Å². The Morgan fingerprint density at radius 2 is 1.73 bits per heavy atom. The van der Waals surface area contributed by atoms with Gasteiger partial charge >= 0.3 is 5.97 Å². The monoisotopic (exact) mass is 351 g/mol. The molecule has 0 amide bonds. The van der Waals surface area contributed by atoms with E-state index in [1.807, 2.05) is 0 Å². The van der Waals surface area contributed by atoms with Crippen molar-refractivity contribution in [3.05, 3.63) is 75.6 Å². The fraction of sp³-hybridized carbons (Fsp3) is 0.111. The second-order valence-electron chi connectivity index (χ2n) is 5.52. The van der Waals surface area contributed by atoms with Crippen LogP contribution >= 0.6 is 0 Å². The Morgan fingerprint density at radius 3 is 2.46 bits per heavy atom. The lowest BCUT2D eigenvalue weighted by Gasteiger charge is -2.06. The molecule has 0 radical (unpaired) electrons. The molecule has 1 heterocycles. The van der Waals surface area contributed by atoms with Crippen LogP contribution in [0.25, 0.3) is 11.0 Å². The van der Waals surface area contributed by atoms with Crippen LogP contribution in [-0.2, 0) is 4.74 Å². The number of carbonyl (C=O) groups is 2. The van der Waals surface area contributed by atoms with Crippen molar-refractivity contribution in [3.8, 4) is 0 Å². The lowest BCUT2D eigenvalue weighted by atomic mass is 10.1. The molecule has 8 nitrogen and oxygen atoms in total. The highest BCUT2D eigenvalue weighted by Gasteiger charge is 2.17. The summed E-state index contributed by atoms with van der Waals surface area (Å²) < 4.78 is 5.02. The average molecular weight is 351 g/mol. The smallest absolute Gasteiger partial charge is 0.338 e. The number of hydrogen-bond donors (Lipinski definition) is 0. The van der Waals surface area contributed by atoms with E-state index < -0.39 is 23.3 Å². The fourth-order valence-electron chi connectivity index (χ4n) is 2.37. The van der Waals surface area contributed by atoms with Gasteiger partial charge in [0, 0.05) is 29.6 Å². The van der Waals surface area contributed by atoms with E-state index in [9.17, 15) is 19.7 Å². The number of nitro groups is 1. The molecule has 0 aliphatic heterocycles. The molecule has 0 aliphatic carbocycles. The van der Waals surface area contributed by atoms with Gasteiger partial charge in [0.15, 0.2) is 6.61 Å². The fourth-order valence-corrected chi connectivity index (χ4v) is 2.37. The normalized spacial score (nSPS) is 10.5. The van der Waals surface area contributed by atoms with E-state index in [4.69, 9.17) is 4.74 Å². The Hall–Kier alpha value is -3.68. The Bertz CT molecular complexity index is 1030. The number of aryl methyl sites for hydroxylation is 1. The van der Waals surface area contributed by atoms with Crippen molar-refractivity contribution < 1.29 is 19.2 Å². The van der Waals surface area contributed by atoms with Crippen LogP contribution in [-0.4, -0.2) is 33.3 Å². The summed E-state index contributed by atoms with van der Waals surface area (Å²) in [6, 6.07) is 8.80. The number of nitro benzene ring substituents is 1. The largest absolute Gasteiger partial charge is 0.454 e. The van der Waals surface area contributed by atoms with E-state index in [0.29, 0.717) is 16.6 Å². The lowest BCUT2D eigenvalue weighted by Crippen LogP contribution is -2.14. The van der Waals surface area contributed by atoms with Crippen molar-refractivity contribution in [2.24, 2.45) is 0 Å². The molecule has 0 spiro atoms. The third-order valence-electron chi connectivity index (χ3n) is 3.77. The zero-order valence-corrected chi connectivity index (χ0v) is 13.7. The van der Waals surface area contributed by atoms with Gasteiger partial charge in [-0.1, -0.05) is 12.1 Å². The number of Topliss-reactive ketones (excluding diaryl/α,β-unsaturated/α-hetero) is 1. The number of fused-ring (bicyclic) bond motifs is 1. The first-order chi connectivity index (χ1) is 12.5. The Morgan fingerprint density at radius 1 is 1.04 bits per heavy atom. The lowest BCUT2D eigenvalue weighted by molar-refractivity contribution is -0.385. The predicted molar refractivity (Wildman–Crippen MR) is 92.0 cm³/mol. The van der Waals surface area contributed by atoms with Crippen molar-refractivity contribution in [2.75, 3.05) is 6.61 Å². The van der Waals surface area contributed by atoms with Gasteiger partial charge in [0.05, 0.1) is 21.5 Å². The van der Waals surface area contributed by atoms with Gasteiger partial charge in [-0.3, -0.25) is 24.9 Å². The van der Waals surface area contributed by atoms with E-state index in [0.717, 1.165) is 0 Å². The number of hydrogen-bond acceptors (Lipinski definition) is 7. The molecule has 0 unspecified atom stereocenters. The number of ketones is 1. The van der Waals surface area contributed by atoms with Gasteiger partial charge in [0.2, 0.25) is 5.78 Å². The maximum absolute atomic E-state index is 12.2. The summed E-state index contributed by atoms with van der Waals surface area (Å²) in [7, 11) is 0. The number of esters is 1. The number of benzene rings is 2. The van der Waals surface area contributed by atoms with E-state index >= 15 is 0 Å². The molecule has 0 saturated carbocycles. The molecule has 0 atom stereocenters. The van der Waals surface area contributed by atoms with Crippen LogP contribution < -0.4 is 0 Å². The first kappa shape index (κ1) is 17.2. The summed E-state index contributed by atoms with van der Waals surface area (Å²) in [5, 5.41) is 11.0. The minimum atomic E-state index is -0.687. The van der Waals surface area contributed by atoms with Gasteiger partial charge in [-0.05, 0) is 25.1 Å². The minimum Gasteiger partial charge on any atom is -0.454 e. The van der Waals surface area contributed by atoms with Gasteiger partial charge in [0.25, 0.3) is 5.69 Å². The number of rotatable bonds is 5. The van der Waals surface area contributed by atoms with Crippen molar-refractivity contribution in [1.82, 2.24) is 9.97 Å². The second-order valence-corrected chi connectivity index (χ2v) is 5.52. The third kappa shape index (κ3) is 3.54. The summed E-state index contributed by atoms with van der Waals surface area (Å²) in [4.78, 5) is 42.9. The second kappa shape index (κ2) is 7.06. The zero-order valence-electron chi connectivity index (χ0n) is 13.7. The Balaban J connectivity index is 1.71. The minimum absolute atomic E-state index is 0.111. The molecule has 8 heteroatoms. The van der Waals surface area contributed by atoms with Crippen molar-refractivity contribution in [2.45, 2.75) is 6.92 Å². The first-order valence-corrected chi connectivity index (χ1v) is 7.62. The zero-order chi connectivity index (χ0) is 18.7. The molecule has 130 valence electrons. The maximum Gasteiger partial charge on any atom is 0.338 e. The van der Waals surface area contributed by atoms with Crippen LogP contribution in [0.4, 0.5) is 5.69 Å². The highest BCUT2D eigenvalue weighted by atomic mass is 16.6. The van der Waals surface area contributed by atoms with Gasteiger partial charge in [-0.15, -0.1) is 0 Å². The van der Waals surface area contributed by atoms with Crippen molar-refractivity contribution in [1.29, 1.82) is 0 Å². The maximum atomic E-state index is 12.2. The van der Waals surface area contributed by atoms with Crippen LogP contribution in [0.1, 0.15) is 26.3 Å². The summed E-state index contributed by atoms with van der Waals surface area (Å²) in [5.41, 5.74) is 1.80. The highest BCUT2D eigenvalue weighted by molar-refractivity contribution is 6.00. The molecule has 3 aromatic rings. The third-order valence-corrected chi connectivity index (χ3v) is 3.77. The Labute approximate surface area is 147 Å². The summed E-state index contributed by atoms with van der Waals surface area (Å²) >= 11 is 0. The topological polar surface area (TPSA) is 112 Å². The number of aromatic nitrogens is 2. The molecule has 26 heavy (non-hydrogen) atoms. The molecule has 0 saturated heterocycles. The van der Waals surface area contributed by atoms with E-state index in [1.54, 1.807) is 19.2 Å². The van der Waals surface area contributed by atoms with Crippen LogP contribution in [0, 0.1) is 17.0 Å². The number of nitrogens with zero attached hydrogens (tertiary/aromatic N) is 3. The first-order valence-electron chi connectivity index (χ1n) is 7.62. The molecular formula is C18H13N3O5. The summed E-state index contributed by atoms with van der Waals surface area (Å²) in [5.74, 6) is -1.21. The summed E-state index contributed by atoms with van der Waals surface area (Å²) in [6.07, 6.45) is 3.05. The van der Waals surface area contributed by atoms with E-state index in [2.05, 4.69) is 9.97 Å². The van der Waals surface area contributed by atoms with Gasteiger partial charge in [-0.25, -0.2) is 4.79 Å². The molecule has 0 fully saturated rings. The highest BCUT2D eigenvalue weighted by Crippen LogP contribution is 2.20. The standard InChI is InChI=1S/C18H13N3O5/c1-11-2-3-12(9-16(11)21(24)25)17(22)10-26-18(23)13-4-5-14-15(8-13)20-7-6-19-14/h2-9H,10H2,1H3. The quantitative estimate of drug-likeness (QED) is 0.300. The SMILES string of the molecule is Cc1ccc(C(=O)COC(=O)c2ccc3nccnc3c2)cc1[N+](=O)[O-].